The second-order valence-corrected chi connectivity index (χ2v) is 7.13. The minimum absolute atomic E-state index is 0.206. The Kier molecular flexibility index (Phi) is 6.09. The van der Waals surface area contributed by atoms with Gasteiger partial charge in [-0.25, -0.2) is 0 Å². The maximum Gasteiger partial charge on any atom is 0.416 e. The number of halogens is 5. The molecule has 0 aliphatic rings. The summed E-state index contributed by atoms with van der Waals surface area (Å²) in [6, 6.07) is 13.9. The fourth-order valence-corrected chi connectivity index (χ4v) is 3.26. The SMILES string of the molecule is CN(C(=O)C(Br)C(Br)c1ccc(C(F)(F)F)cc1)c1ccccc1. The lowest BCUT2D eigenvalue weighted by Crippen LogP contribution is -2.35. The normalized spacial score (nSPS) is 14.1. The molecule has 24 heavy (non-hydrogen) atoms. The van der Waals surface area contributed by atoms with E-state index in [1.165, 1.54) is 17.0 Å². The van der Waals surface area contributed by atoms with Gasteiger partial charge < -0.3 is 4.90 Å². The highest BCUT2D eigenvalue weighted by Gasteiger charge is 2.32. The first-order chi connectivity index (χ1) is 11.2. The van der Waals surface area contributed by atoms with E-state index in [9.17, 15) is 18.0 Å². The summed E-state index contributed by atoms with van der Waals surface area (Å²) in [5.41, 5.74) is 0.601. The van der Waals surface area contributed by atoms with Crippen LogP contribution in [0.1, 0.15) is 16.0 Å². The third-order valence-electron chi connectivity index (χ3n) is 3.52. The summed E-state index contributed by atoms with van der Waals surface area (Å²) in [6.45, 7) is 0. The summed E-state index contributed by atoms with van der Waals surface area (Å²) in [7, 11) is 1.65. The Hall–Kier alpha value is -1.34. The quantitative estimate of drug-likeness (QED) is 0.542. The van der Waals surface area contributed by atoms with Gasteiger partial charge in [-0.05, 0) is 29.8 Å². The fraction of sp³-hybridized carbons (Fsp3) is 0.235. The van der Waals surface area contributed by atoms with Crippen LogP contribution in [-0.4, -0.2) is 17.8 Å². The van der Waals surface area contributed by atoms with Crippen molar-refractivity contribution in [2.24, 2.45) is 0 Å². The largest absolute Gasteiger partial charge is 0.416 e. The zero-order valence-corrected chi connectivity index (χ0v) is 15.8. The molecule has 0 aliphatic heterocycles. The van der Waals surface area contributed by atoms with Gasteiger partial charge in [-0.15, -0.1) is 0 Å². The Labute approximate surface area is 154 Å². The molecular weight excluding hydrogens is 451 g/mol. The second kappa shape index (κ2) is 7.70. The predicted molar refractivity (Wildman–Crippen MR) is 95.7 cm³/mol. The van der Waals surface area contributed by atoms with Crippen molar-refractivity contribution in [3.05, 3.63) is 65.7 Å². The van der Waals surface area contributed by atoms with Crippen molar-refractivity contribution in [3.63, 3.8) is 0 Å². The van der Waals surface area contributed by atoms with Crippen molar-refractivity contribution in [2.45, 2.75) is 15.8 Å². The van der Waals surface area contributed by atoms with Crippen LogP contribution in [0.3, 0.4) is 0 Å². The predicted octanol–water partition coefficient (Wildman–Crippen LogP) is 5.57. The number of alkyl halides is 5. The van der Waals surface area contributed by atoms with Crippen LogP contribution in [0, 0.1) is 0 Å². The number of anilines is 1. The van der Waals surface area contributed by atoms with Gasteiger partial charge in [0.2, 0.25) is 5.91 Å². The molecule has 2 aromatic carbocycles. The average Bonchev–Trinajstić information content (AvgIpc) is 2.59. The maximum atomic E-state index is 12.6. The topological polar surface area (TPSA) is 20.3 Å². The van der Waals surface area contributed by atoms with Gasteiger partial charge in [0.15, 0.2) is 0 Å². The molecule has 0 radical (unpaired) electrons. The number of carbonyl (C=O) groups excluding carboxylic acids is 1. The number of rotatable bonds is 4. The number of amides is 1. The minimum atomic E-state index is -4.38. The molecule has 128 valence electrons. The Morgan fingerprint density at radius 2 is 1.54 bits per heavy atom. The van der Waals surface area contributed by atoms with Crippen LogP contribution < -0.4 is 4.90 Å². The van der Waals surface area contributed by atoms with Gasteiger partial charge in [0, 0.05) is 12.7 Å². The number of hydrogen-bond acceptors (Lipinski definition) is 1. The van der Waals surface area contributed by atoms with E-state index in [0.29, 0.717) is 5.56 Å². The first-order valence-electron chi connectivity index (χ1n) is 6.99. The molecule has 0 saturated heterocycles. The van der Waals surface area contributed by atoms with Crippen LogP contribution in [0.25, 0.3) is 0 Å². The molecule has 0 aromatic heterocycles. The number of para-hydroxylation sites is 1. The van der Waals surface area contributed by atoms with E-state index in [0.717, 1.165) is 17.8 Å². The Balaban J connectivity index is 2.14. The average molecular weight is 465 g/mol. The zero-order chi connectivity index (χ0) is 17.9. The van der Waals surface area contributed by atoms with E-state index in [4.69, 9.17) is 0 Å². The molecule has 2 unspecified atom stereocenters. The molecule has 0 aliphatic carbocycles. The highest BCUT2D eigenvalue weighted by atomic mass is 79.9. The number of nitrogens with zero attached hydrogens (tertiary/aromatic N) is 1. The van der Waals surface area contributed by atoms with Gasteiger partial charge in [-0.2, -0.15) is 13.2 Å². The molecule has 2 aromatic rings. The fourth-order valence-electron chi connectivity index (χ4n) is 2.11. The lowest BCUT2D eigenvalue weighted by molar-refractivity contribution is -0.137. The molecule has 0 bridgehead atoms. The van der Waals surface area contributed by atoms with Crippen molar-refractivity contribution >= 4 is 43.5 Å². The van der Waals surface area contributed by atoms with E-state index in [2.05, 4.69) is 31.9 Å². The molecule has 7 heteroatoms. The third kappa shape index (κ3) is 4.39. The Bertz CT molecular complexity index is 689. The first-order valence-corrected chi connectivity index (χ1v) is 8.83. The highest BCUT2D eigenvalue weighted by molar-refractivity contribution is 9.12. The van der Waals surface area contributed by atoms with Crippen LogP contribution in [0.15, 0.2) is 54.6 Å². The van der Waals surface area contributed by atoms with Gasteiger partial charge in [-0.3, -0.25) is 4.79 Å². The van der Waals surface area contributed by atoms with Crippen molar-refractivity contribution in [1.82, 2.24) is 0 Å². The summed E-state index contributed by atoms with van der Waals surface area (Å²) in [5.74, 6) is -0.206. The Morgan fingerprint density at radius 3 is 2.04 bits per heavy atom. The summed E-state index contributed by atoms with van der Waals surface area (Å²) < 4.78 is 37.9. The molecule has 0 fully saturated rings. The smallest absolute Gasteiger partial charge is 0.314 e. The van der Waals surface area contributed by atoms with Crippen molar-refractivity contribution in [3.8, 4) is 0 Å². The monoisotopic (exact) mass is 463 g/mol. The van der Waals surface area contributed by atoms with Crippen molar-refractivity contribution in [1.29, 1.82) is 0 Å². The molecule has 0 saturated carbocycles. The summed E-state index contributed by atoms with van der Waals surface area (Å²) >= 11 is 6.73. The van der Waals surface area contributed by atoms with Crippen LogP contribution >= 0.6 is 31.9 Å². The van der Waals surface area contributed by atoms with Gasteiger partial charge in [0.25, 0.3) is 0 Å². The lowest BCUT2D eigenvalue weighted by Gasteiger charge is -2.24. The number of hydrogen-bond donors (Lipinski definition) is 0. The Morgan fingerprint density at radius 1 is 1.00 bits per heavy atom. The number of carbonyl (C=O) groups is 1. The minimum Gasteiger partial charge on any atom is -0.314 e. The molecular formula is C17H14Br2F3NO. The van der Waals surface area contributed by atoms with Gasteiger partial charge in [0.1, 0.15) is 4.83 Å². The highest BCUT2D eigenvalue weighted by Crippen LogP contribution is 2.35. The second-order valence-electron chi connectivity index (χ2n) is 5.16. The lowest BCUT2D eigenvalue weighted by atomic mass is 10.1. The molecule has 0 N–H and O–H groups in total. The molecule has 0 spiro atoms. The van der Waals surface area contributed by atoms with Crippen LogP contribution in [0.4, 0.5) is 18.9 Å². The molecule has 2 nitrogen and oxygen atoms in total. The van der Waals surface area contributed by atoms with E-state index in [-0.39, 0.29) is 5.91 Å². The van der Waals surface area contributed by atoms with E-state index < -0.39 is 21.4 Å². The summed E-state index contributed by atoms with van der Waals surface area (Å²) in [5, 5.41) is 0. The molecule has 0 heterocycles. The van der Waals surface area contributed by atoms with E-state index >= 15 is 0 Å². The third-order valence-corrected chi connectivity index (χ3v) is 6.21. The summed E-state index contributed by atoms with van der Waals surface area (Å²) in [6.07, 6.45) is -4.38. The summed E-state index contributed by atoms with van der Waals surface area (Å²) in [4.78, 5) is 13.0. The van der Waals surface area contributed by atoms with Crippen LogP contribution in [0.2, 0.25) is 0 Å². The number of benzene rings is 2. The zero-order valence-electron chi connectivity index (χ0n) is 12.6. The van der Waals surface area contributed by atoms with E-state index in [1.54, 1.807) is 19.2 Å². The van der Waals surface area contributed by atoms with Gasteiger partial charge >= 0.3 is 6.18 Å². The van der Waals surface area contributed by atoms with E-state index in [1.807, 2.05) is 18.2 Å². The first kappa shape index (κ1) is 19.0. The van der Waals surface area contributed by atoms with Crippen molar-refractivity contribution < 1.29 is 18.0 Å². The molecule has 2 rings (SSSR count). The van der Waals surface area contributed by atoms with Crippen LogP contribution in [0.5, 0.6) is 0 Å². The van der Waals surface area contributed by atoms with Crippen molar-refractivity contribution in [2.75, 3.05) is 11.9 Å². The van der Waals surface area contributed by atoms with Gasteiger partial charge in [0.05, 0.1) is 10.4 Å². The van der Waals surface area contributed by atoms with Crippen LogP contribution in [-0.2, 0) is 11.0 Å². The molecule has 1 amide bonds. The maximum absolute atomic E-state index is 12.6. The van der Waals surface area contributed by atoms with Gasteiger partial charge in [-0.1, -0.05) is 62.2 Å². The molecule has 2 atom stereocenters. The standard InChI is InChI=1S/C17H14Br2F3NO/c1-23(13-5-3-2-4-6-13)16(24)15(19)14(18)11-7-9-12(10-8-11)17(20,21)22/h2-10,14-15H,1H3.